The zero-order chi connectivity index (χ0) is 16.3. The molecule has 0 radical (unpaired) electrons. The molecule has 3 heteroatoms. The van der Waals surface area contributed by atoms with Gasteiger partial charge in [0.15, 0.2) is 0 Å². The summed E-state index contributed by atoms with van der Waals surface area (Å²) in [6, 6.07) is 17.1. The second kappa shape index (κ2) is 9.90. The van der Waals surface area contributed by atoms with Gasteiger partial charge in [-0.1, -0.05) is 35.4 Å². The fourth-order valence-electron chi connectivity index (χ4n) is 2.36. The monoisotopic (exact) mass is 311 g/mol. The van der Waals surface area contributed by atoms with Crippen molar-refractivity contribution in [2.24, 2.45) is 0 Å². The minimum absolute atomic E-state index is 1.01. The van der Waals surface area contributed by atoms with Crippen LogP contribution in [0.3, 0.4) is 0 Å². The van der Waals surface area contributed by atoms with Crippen molar-refractivity contribution in [3.05, 3.63) is 59.7 Å². The van der Waals surface area contributed by atoms with Gasteiger partial charge in [-0.3, -0.25) is 0 Å². The summed E-state index contributed by atoms with van der Waals surface area (Å²) in [5.41, 5.74) is 5.02. The van der Waals surface area contributed by atoms with Crippen molar-refractivity contribution in [3.63, 3.8) is 0 Å². The Morgan fingerprint density at radius 2 is 0.957 bits per heavy atom. The van der Waals surface area contributed by atoms with Crippen molar-refractivity contribution >= 4 is 11.4 Å². The first-order valence-electron chi connectivity index (χ1n) is 8.56. The number of hydrogen-bond donors (Lipinski definition) is 3. The second-order valence-corrected chi connectivity index (χ2v) is 6.04. The second-order valence-electron chi connectivity index (χ2n) is 6.04. The summed E-state index contributed by atoms with van der Waals surface area (Å²) in [6.45, 7) is 8.37. The molecule has 0 unspecified atom stereocenters. The van der Waals surface area contributed by atoms with E-state index in [4.69, 9.17) is 0 Å². The molecular formula is C20H29N3. The minimum atomic E-state index is 1.01. The molecule has 0 atom stereocenters. The van der Waals surface area contributed by atoms with Gasteiger partial charge in [0.1, 0.15) is 0 Å². The summed E-state index contributed by atoms with van der Waals surface area (Å²) in [4.78, 5) is 0. The molecule has 0 fully saturated rings. The fourth-order valence-corrected chi connectivity index (χ4v) is 2.36. The van der Waals surface area contributed by atoms with Gasteiger partial charge < -0.3 is 16.0 Å². The van der Waals surface area contributed by atoms with Crippen molar-refractivity contribution in [2.45, 2.75) is 26.7 Å². The summed E-state index contributed by atoms with van der Waals surface area (Å²) >= 11 is 0. The third-order valence-electron chi connectivity index (χ3n) is 3.82. The van der Waals surface area contributed by atoms with Crippen LogP contribution in [0.4, 0.5) is 11.4 Å². The van der Waals surface area contributed by atoms with Crippen LogP contribution in [0.2, 0.25) is 0 Å². The highest BCUT2D eigenvalue weighted by atomic mass is 14.9. The lowest BCUT2D eigenvalue weighted by Gasteiger charge is -2.09. The van der Waals surface area contributed by atoms with E-state index in [-0.39, 0.29) is 0 Å². The number of anilines is 2. The molecule has 2 aromatic carbocycles. The number of rotatable bonds is 10. The summed E-state index contributed by atoms with van der Waals surface area (Å²) in [6.07, 6.45) is 2.28. The van der Waals surface area contributed by atoms with Gasteiger partial charge in [-0.05, 0) is 64.0 Å². The maximum Gasteiger partial charge on any atom is 0.0340 e. The quantitative estimate of drug-likeness (QED) is 0.576. The third-order valence-corrected chi connectivity index (χ3v) is 3.82. The van der Waals surface area contributed by atoms with Gasteiger partial charge in [-0.15, -0.1) is 0 Å². The molecule has 0 aromatic heterocycles. The molecule has 0 aliphatic rings. The van der Waals surface area contributed by atoms with Crippen LogP contribution in [0, 0.1) is 13.8 Å². The Morgan fingerprint density at radius 1 is 0.565 bits per heavy atom. The summed E-state index contributed by atoms with van der Waals surface area (Å²) in [5, 5.41) is 10.4. The molecule has 0 amide bonds. The van der Waals surface area contributed by atoms with Crippen LogP contribution in [0.15, 0.2) is 48.5 Å². The van der Waals surface area contributed by atoms with Crippen molar-refractivity contribution in [2.75, 3.05) is 36.8 Å². The molecule has 124 valence electrons. The minimum Gasteiger partial charge on any atom is -0.385 e. The Balaban J connectivity index is 1.43. The molecule has 23 heavy (non-hydrogen) atoms. The van der Waals surface area contributed by atoms with Gasteiger partial charge in [-0.2, -0.15) is 0 Å². The smallest absolute Gasteiger partial charge is 0.0340 e. The van der Waals surface area contributed by atoms with Crippen molar-refractivity contribution < 1.29 is 0 Å². The maximum atomic E-state index is 3.50. The molecule has 2 aromatic rings. The largest absolute Gasteiger partial charge is 0.385 e. The zero-order valence-electron chi connectivity index (χ0n) is 14.4. The van der Waals surface area contributed by atoms with E-state index in [1.807, 2.05) is 0 Å². The van der Waals surface area contributed by atoms with Gasteiger partial charge in [-0.25, -0.2) is 0 Å². The number of aryl methyl sites for hydroxylation is 2. The van der Waals surface area contributed by atoms with Crippen molar-refractivity contribution in [3.8, 4) is 0 Å². The number of benzene rings is 2. The summed E-state index contributed by atoms with van der Waals surface area (Å²) in [7, 11) is 0. The van der Waals surface area contributed by atoms with Crippen molar-refractivity contribution in [1.29, 1.82) is 0 Å². The first-order chi connectivity index (χ1) is 11.2. The molecule has 0 saturated carbocycles. The molecule has 0 aliphatic heterocycles. The lowest BCUT2D eigenvalue weighted by Crippen LogP contribution is -2.21. The van der Waals surface area contributed by atoms with Crippen LogP contribution in [0.25, 0.3) is 0 Å². The predicted molar refractivity (Wildman–Crippen MR) is 101 cm³/mol. The molecular weight excluding hydrogens is 282 g/mol. The Labute approximate surface area is 140 Å². The van der Waals surface area contributed by atoms with Crippen LogP contribution >= 0.6 is 0 Å². The van der Waals surface area contributed by atoms with E-state index in [0.29, 0.717) is 0 Å². The SMILES string of the molecule is Cc1ccc(NCCCNCCCNc2ccc(C)cc2)cc1. The third kappa shape index (κ3) is 7.20. The molecule has 0 saturated heterocycles. The fraction of sp³-hybridized carbons (Fsp3) is 0.400. The van der Waals surface area contributed by atoms with Crippen LogP contribution < -0.4 is 16.0 Å². The molecule has 0 heterocycles. The molecule has 2 rings (SSSR count). The van der Waals surface area contributed by atoms with E-state index >= 15 is 0 Å². The average Bonchev–Trinajstić information content (AvgIpc) is 2.56. The van der Waals surface area contributed by atoms with Crippen LogP contribution in [-0.4, -0.2) is 26.2 Å². The van der Waals surface area contributed by atoms with Crippen LogP contribution in [0.5, 0.6) is 0 Å². The highest BCUT2D eigenvalue weighted by molar-refractivity contribution is 5.44. The van der Waals surface area contributed by atoms with E-state index in [2.05, 4.69) is 78.3 Å². The Kier molecular flexibility index (Phi) is 7.47. The van der Waals surface area contributed by atoms with E-state index in [1.54, 1.807) is 0 Å². The molecule has 3 N–H and O–H groups in total. The summed E-state index contributed by atoms with van der Waals surface area (Å²) in [5.74, 6) is 0. The van der Waals surface area contributed by atoms with E-state index in [9.17, 15) is 0 Å². The topological polar surface area (TPSA) is 36.1 Å². The summed E-state index contributed by atoms with van der Waals surface area (Å²) < 4.78 is 0. The van der Waals surface area contributed by atoms with Gasteiger partial charge in [0.25, 0.3) is 0 Å². The van der Waals surface area contributed by atoms with Crippen LogP contribution in [0.1, 0.15) is 24.0 Å². The van der Waals surface area contributed by atoms with E-state index in [1.165, 1.54) is 22.5 Å². The maximum absolute atomic E-state index is 3.50. The van der Waals surface area contributed by atoms with E-state index in [0.717, 1.165) is 39.0 Å². The molecule has 0 spiro atoms. The lowest BCUT2D eigenvalue weighted by atomic mass is 10.2. The Hall–Kier alpha value is -2.00. The molecule has 0 bridgehead atoms. The molecule has 0 aliphatic carbocycles. The van der Waals surface area contributed by atoms with Gasteiger partial charge >= 0.3 is 0 Å². The predicted octanol–water partition coefficient (Wildman–Crippen LogP) is 4.20. The van der Waals surface area contributed by atoms with E-state index < -0.39 is 0 Å². The number of hydrogen-bond acceptors (Lipinski definition) is 3. The highest BCUT2D eigenvalue weighted by Crippen LogP contribution is 2.08. The standard InChI is InChI=1S/C20H29N3/c1-17-5-9-19(10-6-17)22-15-3-13-21-14-4-16-23-20-11-7-18(2)8-12-20/h5-12,21-23H,3-4,13-16H2,1-2H3. The Bertz CT molecular complexity index is 495. The first kappa shape index (κ1) is 17.4. The first-order valence-corrected chi connectivity index (χ1v) is 8.56. The highest BCUT2D eigenvalue weighted by Gasteiger charge is 1.93. The average molecular weight is 311 g/mol. The Morgan fingerprint density at radius 3 is 1.35 bits per heavy atom. The van der Waals surface area contributed by atoms with Gasteiger partial charge in [0.05, 0.1) is 0 Å². The lowest BCUT2D eigenvalue weighted by molar-refractivity contribution is 0.643. The number of nitrogens with one attached hydrogen (secondary N) is 3. The molecule has 3 nitrogen and oxygen atoms in total. The zero-order valence-corrected chi connectivity index (χ0v) is 14.4. The normalized spacial score (nSPS) is 10.5. The van der Waals surface area contributed by atoms with Gasteiger partial charge in [0.2, 0.25) is 0 Å². The van der Waals surface area contributed by atoms with Crippen molar-refractivity contribution in [1.82, 2.24) is 5.32 Å². The van der Waals surface area contributed by atoms with Gasteiger partial charge in [0, 0.05) is 24.5 Å². The van der Waals surface area contributed by atoms with Crippen LogP contribution in [-0.2, 0) is 0 Å².